The minimum Gasteiger partial charge on any atom is -0.383 e. The van der Waals surface area contributed by atoms with E-state index in [2.05, 4.69) is 23.6 Å². The highest BCUT2D eigenvalue weighted by atomic mass is 16.5. The van der Waals surface area contributed by atoms with E-state index in [-0.39, 0.29) is 0 Å². The Bertz CT molecular complexity index is 240. The normalized spacial score (nSPS) is 35.2. The zero-order valence-corrected chi connectivity index (χ0v) is 12.1. The number of nitrogens with zero attached hydrogens (tertiary/aromatic N) is 2. The molecule has 0 N–H and O–H groups in total. The Morgan fingerprint density at radius 3 is 2.50 bits per heavy atom. The molecule has 2 aliphatic heterocycles. The van der Waals surface area contributed by atoms with Gasteiger partial charge in [0.05, 0.1) is 18.8 Å². The number of hydrogen-bond donors (Lipinski definition) is 0. The monoisotopic (exact) mass is 256 g/mol. The van der Waals surface area contributed by atoms with Crippen LogP contribution in [0.5, 0.6) is 0 Å². The van der Waals surface area contributed by atoms with Crippen molar-refractivity contribution in [1.82, 2.24) is 9.80 Å². The third kappa shape index (κ3) is 4.19. The van der Waals surface area contributed by atoms with Crippen molar-refractivity contribution >= 4 is 0 Å². The van der Waals surface area contributed by atoms with E-state index in [1.165, 1.54) is 26.1 Å². The second kappa shape index (κ2) is 6.85. The first-order valence-electron chi connectivity index (χ1n) is 7.26. The summed E-state index contributed by atoms with van der Waals surface area (Å²) in [5.74, 6) is 0.833. The first kappa shape index (κ1) is 14.3. The fourth-order valence-corrected chi connectivity index (χ4v) is 3.28. The predicted molar refractivity (Wildman–Crippen MR) is 72.9 cm³/mol. The summed E-state index contributed by atoms with van der Waals surface area (Å²) in [7, 11) is 1.78. The maximum absolute atomic E-state index is 5.79. The summed E-state index contributed by atoms with van der Waals surface area (Å²) in [6, 6.07) is 0. The molecule has 4 heteroatoms. The van der Waals surface area contributed by atoms with Crippen molar-refractivity contribution in [3.63, 3.8) is 0 Å². The maximum Gasteiger partial charge on any atom is 0.0678 e. The number of hydrogen-bond acceptors (Lipinski definition) is 4. The van der Waals surface area contributed by atoms with Gasteiger partial charge in [-0.1, -0.05) is 0 Å². The first-order valence-corrected chi connectivity index (χ1v) is 7.26. The van der Waals surface area contributed by atoms with E-state index >= 15 is 0 Å². The lowest BCUT2D eigenvalue weighted by molar-refractivity contribution is -0.0711. The lowest BCUT2D eigenvalue weighted by Crippen LogP contribution is -2.47. The van der Waals surface area contributed by atoms with Crippen LogP contribution in [0.2, 0.25) is 0 Å². The number of likely N-dealkylation sites (tertiary alicyclic amines) is 1. The minimum absolute atomic E-state index is 0.389. The van der Waals surface area contributed by atoms with Crippen molar-refractivity contribution in [2.24, 2.45) is 5.92 Å². The minimum atomic E-state index is 0.389. The van der Waals surface area contributed by atoms with E-state index in [1.807, 2.05) is 0 Å². The molecule has 0 aromatic carbocycles. The summed E-state index contributed by atoms with van der Waals surface area (Å²) in [6.07, 6.45) is 2.11. The van der Waals surface area contributed by atoms with Gasteiger partial charge in [0, 0.05) is 39.8 Å². The van der Waals surface area contributed by atoms with Gasteiger partial charge >= 0.3 is 0 Å². The summed E-state index contributed by atoms with van der Waals surface area (Å²) in [5, 5.41) is 0. The Labute approximate surface area is 111 Å². The van der Waals surface area contributed by atoms with Crippen LogP contribution in [-0.2, 0) is 9.47 Å². The highest BCUT2D eigenvalue weighted by molar-refractivity contribution is 4.81. The average Bonchev–Trinajstić information content (AvgIpc) is 2.72. The molecule has 0 aromatic heterocycles. The number of methoxy groups -OCH3 is 1. The highest BCUT2D eigenvalue weighted by Gasteiger charge is 2.28. The van der Waals surface area contributed by atoms with E-state index in [4.69, 9.17) is 9.47 Å². The molecule has 2 aliphatic rings. The van der Waals surface area contributed by atoms with Crippen molar-refractivity contribution in [2.45, 2.75) is 32.5 Å². The molecule has 2 saturated heterocycles. The smallest absolute Gasteiger partial charge is 0.0678 e. The molecule has 2 fully saturated rings. The van der Waals surface area contributed by atoms with Crippen LogP contribution in [0.1, 0.15) is 20.3 Å². The first-order chi connectivity index (χ1) is 8.67. The van der Waals surface area contributed by atoms with Crippen LogP contribution in [0.15, 0.2) is 0 Å². The van der Waals surface area contributed by atoms with Crippen LogP contribution < -0.4 is 0 Å². The Balaban J connectivity index is 1.70. The van der Waals surface area contributed by atoms with Crippen LogP contribution in [-0.4, -0.2) is 75.0 Å². The van der Waals surface area contributed by atoms with Gasteiger partial charge < -0.3 is 14.4 Å². The summed E-state index contributed by atoms with van der Waals surface area (Å²) >= 11 is 0. The summed E-state index contributed by atoms with van der Waals surface area (Å²) in [4.78, 5) is 5.12. The molecule has 1 unspecified atom stereocenters. The molecule has 18 heavy (non-hydrogen) atoms. The second-order valence-corrected chi connectivity index (χ2v) is 5.92. The van der Waals surface area contributed by atoms with E-state index in [0.717, 1.165) is 32.2 Å². The van der Waals surface area contributed by atoms with Crippen LogP contribution >= 0.6 is 0 Å². The van der Waals surface area contributed by atoms with Gasteiger partial charge in [0.1, 0.15) is 0 Å². The average molecular weight is 256 g/mol. The maximum atomic E-state index is 5.79. The zero-order chi connectivity index (χ0) is 13.0. The Hall–Kier alpha value is -0.160. The van der Waals surface area contributed by atoms with Crippen LogP contribution in [0.4, 0.5) is 0 Å². The van der Waals surface area contributed by atoms with Crippen molar-refractivity contribution in [3.05, 3.63) is 0 Å². The molecule has 4 nitrogen and oxygen atoms in total. The fraction of sp³-hybridized carbons (Fsp3) is 1.00. The van der Waals surface area contributed by atoms with Gasteiger partial charge in [-0.15, -0.1) is 0 Å². The zero-order valence-electron chi connectivity index (χ0n) is 12.1. The Morgan fingerprint density at radius 2 is 1.83 bits per heavy atom. The largest absolute Gasteiger partial charge is 0.383 e. The molecule has 0 aromatic rings. The fourth-order valence-electron chi connectivity index (χ4n) is 3.28. The summed E-state index contributed by atoms with van der Waals surface area (Å²) in [5.41, 5.74) is 0. The SMILES string of the molecule is COCCN1CCC(CN2C[C@@H](C)O[C@@H](C)C2)C1. The van der Waals surface area contributed by atoms with E-state index in [1.54, 1.807) is 7.11 Å². The molecule has 0 radical (unpaired) electrons. The van der Waals surface area contributed by atoms with Crippen LogP contribution in [0, 0.1) is 5.92 Å². The van der Waals surface area contributed by atoms with Gasteiger partial charge in [-0.2, -0.15) is 0 Å². The van der Waals surface area contributed by atoms with Crippen molar-refractivity contribution in [2.75, 3.05) is 53.0 Å². The van der Waals surface area contributed by atoms with Crippen molar-refractivity contribution in [3.8, 4) is 0 Å². The summed E-state index contributed by atoms with van der Waals surface area (Å²) < 4.78 is 10.9. The van der Waals surface area contributed by atoms with E-state index in [9.17, 15) is 0 Å². The molecule has 0 amide bonds. The van der Waals surface area contributed by atoms with Crippen molar-refractivity contribution in [1.29, 1.82) is 0 Å². The Morgan fingerprint density at radius 1 is 1.11 bits per heavy atom. The van der Waals surface area contributed by atoms with Gasteiger partial charge in [-0.25, -0.2) is 0 Å². The predicted octanol–water partition coefficient (Wildman–Crippen LogP) is 1.06. The summed E-state index contributed by atoms with van der Waals surface area (Å²) in [6.45, 7) is 12.2. The third-order valence-corrected chi connectivity index (χ3v) is 3.99. The van der Waals surface area contributed by atoms with Gasteiger partial charge in [-0.05, 0) is 32.7 Å². The lowest BCUT2D eigenvalue weighted by atomic mass is 10.1. The van der Waals surface area contributed by atoms with Gasteiger partial charge in [0.25, 0.3) is 0 Å². The molecule has 3 atom stereocenters. The van der Waals surface area contributed by atoms with Crippen LogP contribution in [0.25, 0.3) is 0 Å². The standard InChI is InChI=1S/C14H28N2O2/c1-12-8-16(9-13(2)18-12)11-14-4-5-15(10-14)6-7-17-3/h12-14H,4-11H2,1-3H3/t12-,13+,14?. The van der Waals surface area contributed by atoms with Crippen molar-refractivity contribution < 1.29 is 9.47 Å². The molecule has 0 aliphatic carbocycles. The second-order valence-electron chi connectivity index (χ2n) is 5.92. The third-order valence-electron chi connectivity index (χ3n) is 3.99. The molecular weight excluding hydrogens is 228 g/mol. The molecule has 2 rings (SSSR count). The number of rotatable bonds is 5. The molecule has 0 saturated carbocycles. The molecule has 2 heterocycles. The van der Waals surface area contributed by atoms with E-state index in [0.29, 0.717) is 12.2 Å². The molecule has 0 bridgehead atoms. The Kier molecular flexibility index (Phi) is 5.42. The van der Waals surface area contributed by atoms with E-state index < -0.39 is 0 Å². The molecule has 106 valence electrons. The number of ether oxygens (including phenoxy) is 2. The molecule has 0 spiro atoms. The van der Waals surface area contributed by atoms with Gasteiger partial charge in [0.2, 0.25) is 0 Å². The number of morpholine rings is 1. The van der Waals surface area contributed by atoms with Gasteiger partial charge in [-0.3, -0.25) is 4.90 Å². The van der Waals surface area contributed by atoms with Crippen LogP contribution in [0.3, 0.4) is 0 Å². The van der Waals surface area contributed by atoms with Gasteiger partial charge in [0.15, 0.2) is 0 Å². The quantitative estimate of drug-likeness (QED) is 0.734. The molecular formula is C14H28N2O2. The topological polar surface area (TPSA) is 24.9 Å². The lowest BCUT2D eigenvalue weighted by Gasteiger charge is -2.36. The highest BCUT2D eigenvalue weighted by Crippen LogP contribution is 2.19.